The summed E-state index contributed by atoms with van der Waals surface area (Å²) in [5, 5.41) is 9.31. The first-order chi connectivity index (χ1) is 12.3. The lowest BCUT2D eigenvalue weighted by molar-refractivity contribution is 0.248. The van der Waals surface area contributed by atoms with Crippen molar-refractivity contribution < 1.29 is 0 Å². The van der Waals surface area contributed by atoms with E-state index < -0.39 is 0 Å². The van der Waals surface area contributed by atoms with Crippen molar-refractivity contribution in [2.75, 3.05) is 46.3 Å². The zero-order valence-electron chi connectivity index (χ0n) is 16.1. The summed E-state index contributed by atoms with van der Waals surface area (Å²) in [4.78, 5) is 11.1. The van der Waals surface area contributed by atoms with Crippen LogP contribution in [-0.2, 0) is 0 Å². The number of nitrogens with zero attached hydrogens (tertiary/aromatic N) is 3. The van der Waals surface area contributed by atoms with Crippen molar-refractivity contribution in [3.8, 4) is 0 Å². The Morgan fingerprint density at radius 1 is 1.27 bits per heavy atom. The molecular formula is C19H34IN5S. The molecule has 0 aliphatic carbocycles. The molecule has 0 saturated carbocycles. The Balaban J connectivity index is 0.00000243. The molecule has 5 nitrogen and oxygen atoms in total. The largest absolute Gasteiger partial charge is 0.355 e. The maximum absolute atomic E-state index is 4.44. The van der Waals surface area contributed by atoms with E-state index in [-0.39, 0.29) is 24.0 Å². The molecule has 0 radical (unpaired) electrons. The summed E-state index contributed by atoms with van der Waals surface area (Å²) in [5.74, 6) is 0.934. The first-order valence-corrected chi connectivity index (χ1v) is 10.7. The number of hydrogen-bond acceptors (Lipinski definition) is 4. The minimum absolute atomic E-state index is 0. The highest BCUT2D eigenvalue weighted by molar-refractivity contribution is 14.0. The number of likely N-dealkylation sites (N-methyl/N-ethyl adjacent to an activating group) is 1. The van der Waals surface area contributed by atoms with Gasteiger partial charge in [-0.15, -0.1) is 35.3 Å². The number of thiophene rings is 1. The molecule has 2 atom stereocenters. The Morgan fingerprint density at radius 3 is 2.73 bits per heavy atom. The second-order valence-electron chi connectivity index (χ2n) is 7.03. The standard InChI is InChI=1S/C19H33N5S.HI/c1-3-23-12-6-8-16(23)14-21-19(20-2)22-15-17(18-9-7-13-25-18)24-10-4-5-11-24;/h7,9,13,16-17H,3-6,8,10-12,14-15H2,1-2H3,(H2,20,21,22);1H. The van der Waals surface area contributed by atoms with Crippen LogP contribution in [0.1, 0.15) is 43.5 Å². The number of rotatable bonds is 7. The van der Waals surface area contributed by atoms with Gasteiger partial charge in [0.25, 0.3) is 0 Å². The van der Waals surface area contributed by atoms with Crippen molar-refractivity contribution in [2.24, 2.45) is 4.99 Å². The molecule has 26 heavy (non-hydrogen) atoms. The molecule has 2 aliphatic rings. The Bertz CT molecular complexity index is 530. The monoisotopic (exact) mass is 491 g/mol. The van der Waals surface area contributed by atoms with Gasteiger partial charge in [-0.25, -0.2) is 0 Å². The van der Waals surface area contributed by atoms with E-state index in [4.69, 9.17) is 0 Å². The first-order valence-electron chi connectivity index (χ1n) is 9.77. The molecule has 3 rings (SSSR count). The molecule has 2 fully saturated rings. The summed E-state index contributed by atoms with van der Waals surface area (Å²) < 4.78 is 0. The van der Waals surface area contributed by atoms with E-state index in [9.17, 15) is 0 Å². The van der Waals surface area contributed by atoms with Crippen molar-refractivity contribution in [2.45, 2.75) is 44.7 Å². The molecule has 1 aromatic heterocycles. The third-order valence-corrected chi connectivity index (χ3v) is 6.52. The lowest BCUT2D eigenvalue weighted by Crippen LogP contribution is -2.46. The molecule has 2 unspecified atom stereocenters. The van der Waals surface area contributed by atoms with Gasteiger partial charge in [0.15, 0.2) is 5.96 Å². The van der Waals surface area contributed by atoms with Crippen LogP contribution in [0.5, 0.6) is 0 Å². The van der Waals surface area contributed by atoms with E-state index in [1.165, 1.54) is 50.2 Å². The van der Waals surface area contributed by atoms with Gasteiger partial charge in [0.2, 0.25) is 0 Å². The molecule has 3 heterocycles. The van der Waals surface area contributed by atoms with Crippen LogP contribution in [0.15, 0.2) is 22.5 Å². The van der Waals surface area contributed by atoms with Crippen LogP contribution in [0.25, 0.3) is 0 Å². The van der Waals surface area contributed by atoms with E-state index in [1.807, 2.05) is 18.4 Å². The molecule has 2 N–H and O–H groups in total. The van der Waals surface area contributed by atoms with Crippen molar-refractivity contribution in [3.63, 3.8) is 0 Å². The molecule has 0 bridgehead atoms. The average molecular weight is 491 g/mol. The summed E-state index contributed by atoms with van der Waals surface area (Å²) in [7, 11) is 1.87. The van der Waals surface area contributed by atoms with Crippen molar-refractivity contribution >= 4 is 41.3 Å². The Hall–Kier alpha value is -0.380. The van der Waals surface area contributed by atoms with Crippen LogP contribution in [-0.4, -0.2) is 68.1 Å². The molecule has 0 aromatic carbocycles. The molecule has 0 spiro atoms. The number of likely N-dealkylation sites (tertiary alicyclic amines) is 2. The van der Waals surface area contributed by atoms with E-state index in [2.05, 4.69) is 49.9 Å². The fourth-order valence-electron chi connectivity index (χ4n) is 4.11. The van der Waals surface area contributed by atoms with Crippen LogP contribution in [0.4, 0.5) is 0 Å². The topological polar surface area (TPSA) is 42.9 Å². The van der Waals surface area contributed by atoms with Gasteiger partial charge in [-0.2, -0.15) is 0 Å². The van der Waals surface area contributed by atoms with Gasteiger partial charge in [-0.3, -0.25) is 14.8 Å². The van der Waals surface area contributed by atoms with Crippen molar-refractivity contribution in [1.29, 1.82) is 0 Å². The van der Waals surface area contributed by atoms with E-state index in [0.29, 0.717) is 12.1 Å². The van der Waals surface area contributed by atoms with E-state index in [0.717, 1.165) is 25.6 Å². The second kappa shape index (κ2) is 11.5. The SMILES string of the molecule is CCN1CCCC1CNC(=NC)NCC(c1cccs1)N1CCCC1.I. The van der Waals surface area contributed by atoms with Gasteiger partial charge in [-0.1, -0.05) is 13.0 Å². The highest BCUT2D eigenvalue weighted by atomic mass is 127. The number of guanidine groups is 1. The highest BCUT2D eigenvalue weighted by Gasteiger charge is 2.25. The third-order valence-electron chi connectivity index (χ3n) is 5.55. The van der Waals surface area contributed by atoms with E-state index >= 15 is 0 Å². The second-order valence-corrected chi connectivity index (χ2v) is 8.01. The van der Waals surface area contributed by atoms with Crippen molar-refractivity contribution in [1.82, 2.24) is 20.4 Å². The Labute approximate surface area is 179 Å². The molecule has 7 heteroatoms. The Morgan fingerprint density at radius 2 is 2.08 bits per heavy atom. The lowest BCUT2D eigenvalue weighted by Gasteiger charge is -2.28. The summed E-state index contributed by atoms with van der Waals surface area (Å²) in [6.45, 7) is 8.97. The maximum atomic E-state index is 4.44. The normalized spacial score (nSPS) is 23.0. The van der Waals surface area contributed by atoms with Crippen LogP contribution in [0, 0.1) is 0 Å². The maximum Gasteiger partial charge on any atom is 0.191 e. The van der Waals surface area contributed by atoms with Crippen LogP contribution >= 0.6 is 35.3 Å². The average Bonchev–Trinajstić information content (AvgIpc) is 3.40. The van der Waals surface area contributed by atoms with Gasteiger partial charge < -0.3 is 10.6 Å². The third kappa shape index (κ3) is 5.81. The smallest absolute Gasteiger partial charge is 0.191 e. The zero-order valence-corrected chi connectivity index (χ0v) is 19.3. The highest BCUT2D eigenvalue weighted by Crippen LogP contribution is 2.27. The lowest BCUT2D eigenvalue weighted by atomic mass is 10.2. The van der Waals surface area contributed by atoms with Crippen molar-refractivity contribution in [3.05, 3.63) is 22.4 Å². The van der Waals surface area contributed by atoms with Crippen LogP contribution in [0.2, 0.25) is 0 Å². The minimum atomic E-state index is 0. The molecule has 2 saturated heterocycles. The number of halogens is 1. The summed E-state index contributed by atoms with van der Waals surface area (Å²) in [6, 6.07) is 5.54. The number of aliphatic imine (C=N–C) groups is 1. The minimum Gasteiger partial charge on any atom is -0.355 e. The molecular weight excluding hydrogens is 457 g/mol. The van der Waals surface area contributed by atoms with E-state index in [1.54, 1.807) is 0 Å². The molecule has 2 aliphatic heterocycles. The first kappa shape index (κ1) is 21.9. The quantitative estimate of drug-likeness (QED) is 0.350. The van der Waals surface area contributed by atoms with Crippen LogP contribution in [0.3, 0.4) is 0 Å². The van der Waals surface area contributed by atoms with Gasteiger partial charge in [0.1, 0.15) is 0 Å². The number of nitrogens with one attached hydrogen (secondary N) is 2. The molecule has 0 amide bonds. The molecule has 148 valence electrons. The predicted molar refractivity (Wildman–Crippen MR) is 123 cm³/mol. The predicted octanol–water partition coefficient (Wildman–Crippen LogP) is 3.15. The summed E-state index contributed by atoms with van der Waals surface area (Å²) in [6.07, 6.45) is 5.26. The van der Waals surface area contributed by atoms with Gasteiger partial charge in [0.05, 0.1) is 6.04 Å². The molecule has 1 aromatic rings. The van der Waals surface area contributed by atoms with Crippen LogP contribution < -0.4 is 10.6 Å². The Kier molecular flexibility index (Phi) is 9.66. The number of hydrogen-bond donors (Lipinski definition) is 2. The van der Waals surface area contributed by atoms with Gasteiger partial charge >= 0.3 is 0 Å². The van der Waals surface area contributed by atoms with Gasteiger partial charge in [0, 0.05) is 31.1 Å². The summed E-state index contributed by atoms with van der Waals surface area (Å²) in [5.41, 5.74) is 0. The fourth-order valence-corrected chi connectivity index (χ4v) is 4.98. The van der Waals surface area contributed by atoms with Gasteiger partial charge in [-0.05, 0) is 63.3 Å². The fraction of sp³-hybridized carbons (Fsp3) is 0.737. The zero-order chi connectivity index (χ0) is 17.5. The summed E-state index contributed by atoms with van der Waals surface area (Å²) >= 11 is 1.87.